The molecule has 0 aliphatic heterocycles. The van der Waals surface area contributed by atoms with Crippen LogP contribution in [0, 0.1) is 6.92 Å². The van der Waals surface area contributed by atoms with Crippen LogP contribution in [0.4, 0.5) is 0 Å². The van der Waals surface area contributed by atoms with Gasteiger partial charge in [0.15, 0.2) is 0 Å². The van der Waals surface area contributed by atoms with E-state index in [0.717, 1.165) is 23.3 Å². The number of rotatable bonds is 6. The fourth-order valence-corrected chi connectivity index (χ4v) is 1.81. The first-order valence-corrected chi connectivity index (χ1v) is 6.24. The third kappa shape index (κ3) is 5.94. The van der Waals surface area contributed by atoms with Crippen molar-refractivity contribution in [1.29, 1.82) is 0 Å². The molecule has 0 saturated carbocycles. The monoisotopic (exact) mass is 286 g/mol. The number of nitrogens with two attached hydrogens (primary N) is 1. The molecule has 4 nitrogen and oxygen atoms in total. The van der Waals surface area contributed by atoms with Gasteiger partial charge in [-0.25, -0.2) is 0 Å². The predicted molar refractivity (Wildman–Crippen MR) is 79.7 cm³/mol. The minimum absolute atomic E-state index is 0. The molecule has 1 aromatic rings. The first-order chi connectivity index (χ1) is 8.56. The van der Waals surface area contributed by atoms with Crippen LogP contribution in [-0.4, -0.2) is 19.1 Å². The molecule has 1 unspecified atom stereocenters. The topological polar surface area (TPSA) is 64.4 Å². The van der Waals surface area contributed by atoms with Crippen molar-refractivity contribution in [2.45, 2.75) is 39.3 Å². The largest absolute Gasteiger partial charge is 0.497 e. The maximum absolute atomic E-state index is 11.7. The maximum atomic E-state index is 11.7. The van der Waals surface area contributed by atoms with Crippen LogP contribution < -0.4 is 15.8 Å². The highest BCUT2D eigenvalue weighted by Crippen LogP contribution is 2.16. The van der Waals surface area contributed by atoms with Crippen molar-refractivity contribution >= 4 is 18.3 Å². The molecule has 0 heterocycles. The summed E-state index contributed by atoms with van der Waals surface area (Å²) in [4.78, 5) is 11.7. The molecule has 0 saturated heterocycles. The number of nitrogens with one attached hydrogen (secondary N) is 1. The Labute approximate surface area is 121 Å². The van der Waals surface area contributed by atoms with E-state index < -0.39 is 6.04 Å². The Morgan fingerprint density at radius 1 is 1.42 bits per heavy atom. The molecule has 5 heteroatoms. The highest BCUT2D eigenvalue weighted by Gasteiger charge is 2.11. The molecule has 0 radical (unpaired) electrons. The van der Waals surface area contributed by atoms with Gasteiger partial charge in [0.2, 0.25) is 5.91 Å². The predicted octanol–water partition coefficient (Wildman–Crippen LogP) is 2.17. The summed E-state index contributed by atoms with van der Waals surface area (Å²) in [7, 11) is 1.63. The number of hydrogen-bond donors (Lipinski definition) is 2. The summed E-state index contributed by atoms with van der Waals surface area (Å²) < 4.78 is 5.19. The fraction of sp³-hybridized carbons (Fsp3) is 0.500. The molecule has 0 spiro atoms. The van der Waals surface area contributed by atoms with Gasteiger partial charge in [-0.2, -0.15) is 0 Å². The average Bonchev–Trinajstić information content (AvgIpc) is 2.35. The number of amides is 1. The summed E-state index contributed by atoms with van der Waals surface area (Å²) in [6, 6.07) is 5.47. The Bertz CT molecular complexity index is 410. The Balaban J connectivity index is 0.00000324. The molecule has 0 aliphatic rings. The summed E-state index contributed by atoms with van der Waals surface area (Å²) >= 11 is 0. The SMILES string of the molecule is CCCC(N)C(=O)NCc1cc(C)cc(OC)c1.Cl. The van der Waals surface area contributed by atoms with Crippen LogP contribution in [0.2, 0.25) is 0 Å². The number of methoxy groups -OCH3 is 1. The van der Waals surface area contributed by atoms with Crippen LogP contribution in [0.5, 0.6) is 5.75 Å². The molecule has 1 atom stereocenters. The Hall–Kier alpha value is -1.26. The van der Waals surface area contributed by atoms with E-state index in [1.54, 1.807) is 7.11 Å². The number of carbonyl (C=O) groups excluding carboxylic acids is 1. The van der Waals surface area contributed by atoms with Crippen molar-refractivity contribution in [2.24, 2.45) is 5.73 Å². The molecule has 0 aliphatic carbocycles. The second-order valence-electron chi connectivity index (χ2n) is 4.47. The standard InChI is InChI=1S/C14H22N2O2.ClH/c1-4-5-13(15)14(17)16-9-11-6-10(2)7-12(8-11)18-3;/h6-8,13H,4-5,9,15H2,1-3H3,(H,16,17);1H. The Kier molecular flexibility index (Phi) is 8.19. The Morgan fingerprint density at radius 2 is 2.11 bits per heavy atom. The van der Waals surface area contributed by atoms with Crippen LogP contribution in [0.25, 0.3) is 0 Å². The number of halogens is 1. The van der Waals surface area contributed by atoms with Gasteiger partial charge in [-0.3, -0.25) is 4.79 Å². The molecule has 1 rings (SSSR count). The lowest BCUT2D eigenvalue weighted by Crippen LogP contribution is -2.40. The zero-order chi connectivity index (χ0) is 13.5. The van der Waals surface area contributed by atoms with Gasteiger partial charge in [0.1, 0.15) is 5.75 Å². The second kappa shape index (κ2) is 8.77. The van der Waals surface area contributed by atoms with Crippen LogP contribution in [-0.2, 0) is 11.3 Å². The van der Waals surface area contributed by atoms with Crippen molar-refractivity contribution in [3.63, 3.8) is 0 Å². The number of aryl methyl sites for hydroxylation is 1. The smallest absolute Gasteiger partial charge is 0.237 e. The summed E-state index contributed by atoms with van der Waals surface area (Å²) in [5.41, 5.74) is 7.87. The van der Waals surface area contributed by atoms with E-state index in [9.17, 15) is 4.79 Å². The maximum Gasteiger partial charge on any atom is 0.237 e. The summed E-state index contributed by atoms with van der Waals surface area (Å²) in [6.07, 6.45) is 1.62. The highest BCUT2D eigenvalue weighted by molar-refractivity contribution is 5.85. The molecule has 0 aromatic heterocycles. The summed E-state index contributed by atoms with van der Waals surface area (Å²) in [6.45, 7) is 4.49. The molecular formula is C14H23ClN2O2. The molecule has 1 amide bonds. The summed E-state index contributed by atoms with van der Waals surface area (Å²) in [5.74, 6) is 0.703. The van der Waals surface area contributed by atoms with Gasteiger partial charge in [-0.1, -0.05) is 19.4 Å². The molecule has 3 N–H and O–H groups in total. The Morgan fingerprint density at radius 3 is 2.68 bits per heavy atom. The van der Waals surface area contributed by atoms with E-state index in [0.29, 0.717) is 13.0 Å². The van der Waals surface area contributed by atoms with Crippen LogP contribution in [0.15, 0.2) is 18.2 Å². The first kappa shape index (κ1) is 17.7. The van der Waals surface area contributed by atoms with Crippen LogP contribution >= 0.6 is 12.4 Å². The lowest BCUT2D eigenvalue weighted by Gasteiger charge is -2.12. The normalized spacial score (nSPS) is 11.4. The van der Waals surface area contributed by atoms with Gasteiger partial charge in [-0.15, -0.1) is 12.4 Å². The van der Waals surface area contributed by atoms with E-state index >= 15 is 0 Å². The van der Waals surface area contributed by atoms with Gasteiger partial charge < -0.3 is 15.8 Å². The molecule has 108 valence electrons. The third-order valence-electron chi connectivity index (χ3n) is 2.75. The third-order valence-corrected chi connectivity index (χ3v) is 2.75. The average molecular weight is 287 g/mol. The molecule has 1 aromatic carbocycles. The number of benzene rings is 1. The van der Waals surface area contributed by atoms with Crippen LogP contribution in [0.1, 0.15) is 30.9 Å². The van der Waals surface area contributed by atoms with Gasteiger partial charge in [0.25, 0.3) is 0 Å². The van der Waals surface area contributed by atoms with Crippen molar-refractivity contribution in [3.8, 4) is 5.75 Å². The first-order valence-electron chi connectivity index (χ1n) is 6.24. The van der Waals surface area contributed by atoms with E-state index in [1.807, 2.05) is 32.0 Å². The highest BCUT2D eigenvalue weighted by atomic mass is 35.5. The summed E-state index contributed by atoms with van der Waals surface area (Å²) in [5, 5.41) is 2.84. The molecule has 19 heavy (non-hydrogen) atoms. The molecular weight excluding hydrogens is 264 g/mol. The number of carbonyl (C=O) groups is 1. The molecule has 0 fully saturated rings. The van der Waals surface area contributed by atoms with E-state index in [1.165, 1.54) is 0 Å². The second-order valence-corrected chi connectivity index (χ2v) is 4.47. The lowest BCUT2D eigenvalue weighted by atomic mass is 10.1. The quantitative estimate of drug-likeness (QED) is 0.842. The van der Waals surface area contributed by atoms with E-state index in [2.05, 4.69) is 5.32 Å². The molecule has 0 bridgehead atoms. The van der Waals surface area contributed by atoms with Crippen LogP contribution in [0.3, 0.4) is 0 Å². The van der Waals surface area contributed by atoms with Gasteiger partial charge in [0, 0.05) is 6.54 Å². The number of hydrogen-bond acceptors (Lipinski definition) is 3. The van der Waals surface area contributed by atoms with Gasteiger partial charge >= 0.3 is 0 Å². The fourth-order valence-electron chi connectivity index (χ4n) is 1.81. The lowest BCUT2D eigenvalue weighted by molar-refractivity contribution is -0.122. The van der Waals surface area contributed by atoms with Crippen molar-refractivity contribution in [2.75, 3.05) is 7.11 Å². The van der Waals surface area contributed by atoms with Crippen molar-refractivity contribution in [1.82, 2.24) is 5.32 Å². The van der Waals surface area contributed by atoms with E-state index in [4.69, 9.17) is 10.5 Å². The zero-order valence-corrected chi connectivity index (χ0v) is 12.5. The van der Waals surface area contributed by atoms with E-state index in [-0.39, 0.29) is 18.3 Å². The minimum Gasteiger partial charge on any atom is -0.497 e. The number of ether oxygens (including phenoxy) is 1. The van der Waals surface area contributed by atoms with Gasteiger partial charge in [-0.05, 0) is 36.6 Å². The zero-order valence-electron chi connectivity index (χ0n) is 11.7. The minimum atomic E-state index is -0.415. The van der Waals surface area contributed by atoms with Crippen molar-refractivity contribution < 1.29 is 9.53 Å². The van der Waals surface area contributed by atoms with Crippen molar-refractivity contribution in [3.05, 3.63) is 29.3 Å². The van der Waals surface area contributed by atoms with Gasteiger partial charge in [0.05, 0.1) is 13.2 Å².